The number of carbonyl (C=O) groups is 1. The number of benzene rings is 1. The Bertz CT molecular complexity index is 568. The minimum Gasteiger partial charge on any atom is -0.481 e. The summed E-state index contributed by atoms with van der Waals surface area (Å²) in [5.74, 6) is -1.31. The van der Waals surface area contributed by atoms with Crippen LogP contribution in [0.4, 0.5) is 0 Å². The molecule has 0 aliphatic rings. The van der Waals surface area contributed by atoms with Crippen LogP contribution in [0.15, 0.2) is 30.5 Å². The number of carboxylic acids is 1. The minimum absolute atomic E-state index is 0.498. The van der Waals surface area contributed by atoms with Gasteiger partial charge in [0.2, 0.25) is 0 Å². The highest BCUT2D eigenvalue weighted by Gasteiger charge is 2.19. The van der Waals surface area contributed by atoms with Crippen LogP contribution in [0.1, 0.15) is 24.8 Å². The summed E-state index contributed by atoms with van der Waals surface area (Å²) < 4.78 is 0. The van der Waals surface area contributed by atoms with Gasteiger partial charge >= 0.3 is 5.97 Å². The highest BCUT2D eigenvalue weighted by Crippen LogP contribution is 2.28. The fraction of sp³-hybridized carbons (Fsp3) is 0.231. The number of carboxylic acid groups (broad SMARTS) is 1. The Labute approximate surface area is 104 Å². The highest BCUT2D eigenvalue weighted by atomic mass is 35.5. The van der Waals surface area contributed by atoms with Gasteiger partial charge in [-0.2, -0.15) is 0 Å². The molecule has 0 fully saturated rings. The van der Waals surface area contributed by atoms with Crippen molar-refractivity contribution in [2.24, 2.45) is 0 Å². The highest BCUT2D eigenvalue weighted by molar-refractivity contribution is 6.31. The topological polar surface area (TPSA) is 50.2 Å². The number of halogens is 1. The lowest BCUT2D eigenvalue weighted by Gasteiger charge is -2.12. The zero-order valence-electron chi connectivity index (χ0n) is 9.35. The standard InChI is InChI=1S/C13H12ClNO2/c1-2-9(13(16)17)10-5-6-15-12-7-8(14)3-4-11(10)12/h3-7,9H,2H2,1H3,(H,16,17). The van der Waals surface area contributed by atoms with Gasteiger partial charge in [-0.3, -0.25) is 9.78 Å². The second-order valence-electron chi connectivity index (χ2n) is 3.86. The normalized spacial score (nSPS) is 12.6. The molecule has 4 heteroatoms. The van der Waals surface area contributed by atoms with Crippen LogP contribution in [0.25, 0.3) is 10.9 Å². The third-order valence-corrected chi connectivity index (χ3v) is 3.06. The number of aliphatic carboxylic acids is 1. The third-order valence-electron chi connectivity index (χ3n) is 2.82. The summed E-state index contributed by atoms with van der Waals surface area (Å²) in [6.45, 7) is 1.86. The maximum Gasteiger partial charge on any atom is 0.310 e. The molecule has 0 spiro atoms. The summed E-state index contributed by atoms with van der Waals surface area (Å²) in [5.41, 5.74) is 1.52. The van der Waals surface area contributed by atoms with Gasteiger partial charge in [-0.15, -0.1) is 0 Å². The van der Waals surface area contributed by atoms with Gasteiger partial charge in [0.05, 0.1) is 11.4 Å². The number of fused-ring (bicyclic) bond motifs is 1. The van der Waals surface area contributed by atoms with Gasteiger partial charge in [-0.05, 0) is 30.2 Å². The lowest BCUT2D eigenvalue weighted by Crippen LogP contribution is -2.11. The first-order valence-electron chi connectivity index (χ1n) is 5.40. The number of nitrogens with zero attached hydrogens (tertiary/aromatic N) is 1. The van der Waals surface area contributed by atoms with Crippen molar-refractivity contribution in [2.45, 2.75) is 19.3 Å². The fourth-order valence-corrected chi connectivity index (χ4v) is 2.14. The second kappa shape index (κ2) is 4.72. The zero-order valence-corrected chi connectivity index (χ0v) is 10.1. The molecule has 17 heavy (non-hydrogen) atoms. The van der Waals surface area contributed by atoms with Crippen LogP contribution in [0.3, 0.4) is 0 Å². The molecule has 0 saturated heterocycles. The monoisotopic (exact) mass is 249 g/mol. The number of rotatable bonds is 3. The van der Waals surface area contributed by atoms with Crippen molar-refractivity contribution in [1.82, 2.24) is 4.98 Å². The number of hydrogen-bond donors (Lipinski definition) is 1. The van der Waals surface area contributed by atoms with E-state index in [0.717, 1.165) is 16.5 Å². The molecule has 1 N–H and O–H groups in total. The van der Waals surface area contributed by atoms with E-state index in [0.29, 0.717) is 11.4 Å². The molecule has 1 heterocycles. The Morgan fingerprint density at radius 2 is 2.24 bits per heavy atom. The molecule has 1 atom stereocenters. The SMILES string of the molecule is CCC(C(=O)O)c1ccnc2cc(Cl)ccc12. The van der Waals surface area contributed by atoms with Gasteiger partial charge < -0.3 is 5.11 Å². The van der Waals surface area contributed by atoms with Crippen molar-refractivity contribution in [2.75, 3.05) is 0 Å². The molecule has 2 rings (SSSR count). The fourth-order valence-electron chi connectivity index (χ4n) is 1.97. The smallest absolute Gasteiger partial charge is 0.310 e. The quantitative estimate of drug-likeness (QED) is 0.906. The summed E-state index contributed by atoms with van der Waals surface area (Å²) in [7, 11) is 0. The molecule has 0 aliphatic carbocycles. The molecule has 88 valence electrons. The predicted octanol–water partition coefficient (Wildman–Crippen LogP) is 3.47. The van der Waals surface area contributed by atoms with Gasteiger partial charge in [0.15, 0.2) is 0 Å². The van der Waals surface area contributed by atoms with Crippen molar-refractivity contribution in [1.29, 1.82) is 0 Å². The summed E-state index contributed by atoms with van der Waals surface area (Å²) in [6, 6.07) is 7.09. The summed E-state index contributed by atoms with van der Waals surface area (Å²) in [5, 5.41) is 10.6. The van der Waals surface area contributed by atoms with Gasteiger partial charge in [0, 0.05) is 16.6 Å². The summed E-state index contributed by atoms with van der Waals surface area (Å²) in [4.78, 5) is 15.4. The molecular formula is C13H12ClNO2. The van der Waals surface area contributed by atoms with E-state index in [1.165, 1.54) is 0 Å². The Hall–Kier alpha value is -1.61. The van der Waals surface area contributed by atoms with Crippen LogP contribution in [0, 0.1) is 0 Å². The minimum atomic E-state index is -0.810. The lowest BCUT2D eigenvalue weighted by molar-refractivity contribution is -0.138. The Kier molecular flexibility index (Phi) is 3.29. The first kappa shape index (κ1) is 11.9. The predicted molar refractivity (Wildman–Crippen MR) is 67.4 cm³/mol. The molecule has 0 amide bonds. The summed E-state index contributed by atoms with van der Waals surface area (Å²) in [6.07, 6.45) is 2.18. The molecule has 1 aromatic heterocycles. The number of aromatic nitrogens is 1. The van der Waals surface area contributed by atoms with E-state index in [1.54, 1.807) is 24.4 Å². The average Bonchev–Trinajstić information content (AvgIpc) is 2.29. The second-order valence-corrected chi connectivity index (χ2v) is 4.30. The van der Waals surface area contributed by atoms with Gasteiger partial charge in [0.25, 0.3) is 0 Å². The Morgan fingerprint density at radius 3 is 2.88 bits per heavy atom. The van der Waals surface area contributed by atoms with Gasteiger partial charge in [0.1, 0.15) is 0 Å². The third kappa shape index (κ3) is 2.24. The van der Waals surface area contributed by atoms with Crippen molar-refractivity contribution >= 4 is 28.5 Å². The van der Waals surface area contributed by atoms with Gasteiger partial charge in [-0.25, -0.2) is 0 Å². The maximum atomic E-state index is 11.2. The Morgan fingerprint density at radius 1 is 1.47 bits per heavy atom. The molecule has 2 aromatic rings. The molecule has 1 unspecified atom stereocenters. The molecule has 0 aliphatic heterocycles. The van der Waals surface area contributed by atoms with E-state index in [1.807, 2.05) is 13.0 Å². The maximum absolute atomic E-state index is 11.2. The molecule has 3 nitrogen and oxygen atoms in total. The average molecular weight is 250 g/mol. The van der Waals surface area contributed by atoms with Crippen molar-refractivity contribution in [3.8, 4) is 0 Å². The molecule has 0 saturated carbocycles. The van der Waals surface area contributed by atoms with Crippen molar-refractivity contribution in [3.63, 3.8) is 0 Å². The zero-order chi connectivity index (χ0) is 12.4. The number of hydrogen-bond acceptors (Lipinski definition) is 2. The van der Waals surface area contributed by atoms with E-state index in [-0.39, 0.29) is 0 Å². The largest absolute Gasteiger partial charge is 0.481 e. The van der Waals surface area contributed by atoms with E-state index >= 15 is 0 Å². The van der Waals surface area contributed by atoms with E-state index in [2.05, 4.69) is 4.98 Å². The van der Waals surface area contributed by atoms with Crippen LogP contribution in [-0.4, -0.2) is 16.1 Å². The van der Waals surface area contributed by atoms with Crippen LogP contribution >= 0.6 is 11.6 Å². The van der Waals surface area contributed by atoms with Crippen LogP contribution in [0.2, 0.25) is 5.02 Å². The molecular weight excluding hydrogens is 238 g/mol. The molecule has 0 bridgehead atoms. The van der Waals surface area contributed by atoms with E-state index in [4.69, 9.17) is 11.6 Å². The first-order valence-corrected chi connectivity index (χ1v) is 5.78. The lowest BCUT2D eigenvalue weighted by atomic mass is 9.94. The summed E-state index contributed by atoms with van der Waals surface area (Å²) >= 11 is 5.89. The van der Waals surface area contributed by atoms with E-state index < -0.39 is 11.9 Å². The first-order chi connectivity index (χ1) is 8.13. The van der Waals surface area contributed by atoms with Crippen molar-refractivity contribution in [3.05, 3.63) is 41.0 Å². The van der Waals surface area contributed by atoms with Gasteiger partial charge in [-0.1, -0.05) is 24.6 Å². The van der Waals surface area contributed by atoms with Crippen LogP contribution in [-0.2, 0) is 4.79 Å². The number of pyridine rings is 1. The molecule has 1 aromatic carbocycles. The molecule has 0 radical (unpaired) electrons. The van der Waals surface area contributed by atoms with Crippen molar-refractivity contribution < 1.29 is 9.90 Å². The van der Waals surface area contributed by atoms with Crippen LogP contribution in [0.5, 0.6) is 0 Å². The van der Waals surface area contributed by atoms with Crippen LogP contribution < -0.4 is 0 Å². The van der Waals surface area contributed by atoms with E-state index in [9.17, 15) is 9.90 Å². The Balaban J connectivity index is 2.65.